The number of sulfonamides is 1. The van der Waals surface area contributed by atoms with Crippen LogP contribution in [0.3, 0.4) is 0 Å². The summed E-state index contributed by atoms with van der Waals surface area (Å²) in [5.41, 5.74) is 1.77. The molecule has 0 spiro atoms. The van der Waals surface area contributed by atoms with Gasteiger partial charge in [0.25, 0.3) is 0 Å². The van der Waals surface area contributed by atoms with Crippen LogP contribution in [0.1, 0.15) is 18.4 Å². The van der Waals surface area contributed by atoms with Crippen molar-refractivity contribution in [1.29, 1.82) is 0 Å². The average molecular weight is 300 g/mol. The summed E-state index contributed by atoms with van der Waals surface area (Å²) in [6.07, 6.45) is 3.16. The zero-order chi connectivity index (χ0) is 14.8. The number of benzene rings is 1. The SMILES string of the molecule is Cc1cc(F)ccc1NCC1CCCN(S(C)(=O)=O)C1. The Kier molecular flexibility index (Phi) is 4.65. The van der Waals surface area contributed by atoms with Crippen molar-refractivity contribution < 1.29 is 12.8 Å². The van der Waals surface area contributed by atoms with Gasteiger partial charge in [0.15, 0.2) is 0 Å². The van der Waals surface area contributed by atoms with Crippen LogP contribution in [0.4, 0.5) is 10.1 Å². The van der Waals surface area contributed by atoms with Crippen molar-refractivity contribution in [2.24, 2.45) is 5.92 Å². The van der Waals surface area contributed by atoms with E-state index in [-0.39, 0.29) is 5.82 Å². The molecule has 1 heterocycles. The van der Waals surface area contributed by atoms with Crippen LogP contribution < -0.4 is 5.32 Å². The molecule has 1 aromatic carbocycles. The van der Waals surface area contributed by atoms with Gasteiger partial charge in [-0.2, -0.15) is 0 Å². The molecule has 1 fully saturated rings. The van der Waals surface area contributed by atoms with Gasteiger partial charge in [0.05, 0.1) is 6.26 Å². The zero-order valence-electron chi connectivity index (χ0n) is 11.9. The van der Waals surface area contributed by atoms with Crippen LogP contribution in [0.5, 0.6) is 0 Å². The third kappa shape index (κ3) is 3.93. The Labute approximate surface area is 120 Å². The van der Waals surface area contributed by atoms with E-state index in [1.807, 2.05) is 6.92 Å². The molecule has 1 N–H and O–H groups in total. The Morgan fingerprint density at radius 1 is 1.45 bits per heavy atom. The number of halogens is 1. The largest absolute Gasteiger partial charge is 0.385 e. The second-order valence-electron chi connectivity index (χ2n) is 5.47. The van der Waals surface area contributed by atoms with Gasteiger partial charge in [-0.15, -0.1) is 0 Å². The minimum Gasteiger partial charge on any atom is -0.385 e. The minimum atomic E-state index is -3.10. The molecular formula is C14H21FN2O2S. The van der Waals surface area contributed by atoms with Gasteiger partial charge in [0, 0.05) is 25.3 Å². The lowest BCUT2D eigenvalue weighted by Crippen LogP contribution is -2.41. The Morgan fingerprint density at radius 3 is 2.85 bits per heavy atom. The highest BCUT2D eigenvalue weighted by atomic mass is 32.2. The van der Waals surface area contributed by atoms with Crippen molar-refractivity contribution in [2.45, 2.75) is 19.8 Å². The molecule has 20 heavy (non-hydrogen) atoms. The summed E-state index contributed by atoms with van der Waals surface area (Å²) in [5, 5.41) is 3.29. The lowest BCUT2D eigenvalue weighted by Gasteiger charge is -2.31. The van der Waals surface area contributed by atoms with E-state index in [9.17, 15) is 12.8 Å². The number of aryl methyl sites for hydroxylation is 1. The van der Waals surface area contributed by atoms with Gasteiger partial charge >= 0.3 is 0 Å². The molecule has 0 radical (unpaired) electrons. The fraction of sp³-hybridized carbons (Fsp3) is 0.571. The summed E-state index contributed by atoms with van der Waals surface area (Å²) in [7, 11) is -3.10. The molecule has 0 aromatic heterocycles. The molecular weight excluding hydrogens is 279 g/mol. The molecule has 0 aliphatic carbocycles. The monoisotopic (exact) mass is 300 g/mol. The molecule has 1 saturated heterocycles. The van der Waals surface area contributed by atoms with Gasteiger partial charge < -0.3 is 5.32 Å². The predicted octanol–water partition coefficient (Wildman–Crippen LogP) is 2.22. The lowest BCUT2D eigenvalue weighted by molar-refractivity contribution is 0.277. The van der Waals surface area contributed by atoms with Crippen molar-refractivity contribution >= 4 is 15.7 Å². The first kappa shape index (κ1) is 15.3. The maximum absolute atomic E-state index is 13.0. The van der Waals surface area contributed by atoms with Crippen LogP contribution >= 0.6 is 0 Å². The standard InChI is InChI=1S/C14H21FN2O2S/c1-11-8-13(15)5-6-14(11)16-9-12-4-3-7-17(10-12)20(2,18)19/h5-6,8,12,16H,3-4,7,9-10H2,1-2H3. The van der Waals surface area contributed by atoms with E-state index in [0.717, 1.165) is 24.1 Å². The average Bonchev–Trinajstić information content (AvgIpc) is 2.37. The Morgan fingerprint density at radius 2 is 2.20 bits per heavy atom. The van der Waals surface area contributed by atoms with E-state index in [1.165, 1.54) is 18.4 Å². The first-order valence-electron chi connectivity index (χ1n) is 6.81. The summed E-state index contributed by atoms with van der Waals surface area (Å²) < 4.78 is 37.7. The van der Waals surface area contributed by atoms with Gasteiger partial charge in [-0.3, -0.25) is 0 Å². The van der Waals surface area contributed by atoms with Crippen molar-refractivity contribution in [3.63, 3.8) is 0 Å². The highest BCUT2D eigenvalue weighted by molar-refractivity contribution is 7.88. The Hall–Kier alpha value is -1.14. The van der Waals surface area contributed by atoms with E-state index in [1.54, 1.807) is 10.4 Å². The van der Waals surface area contributed by atoms with Crippen molar-refractivity contribution in [2.75, 3.05) is 31.2 Å². The van der Waals surface area contributed by atoms with Crippen molar-refractivity contribution in [1.82, 2.24) is 4.31 Å². The number of nitrogens with one attached hydrogen (secondary N) is 1. The normalized spacial score (nSPS) is 20.9. The van der Waals surface area contributed by atoms with Gasteiger partial charge in [-0.05, 0) is 49.4 Å². The van der Waals surface area contributed by atoms with E-state index in [4.69, 9.17) is 0 Å². The molecule has 112 valence electrons. The van der Waals surface area contributed by atoms with E-state index >= 15 is 0 Å². The minimum absolute atomic E-state index is 0.242. The molecule has 1 aromatic rings. The molecule has 0 saturated carbocycles. The molecule has 0 bridgehead atoms. The second kappa shape index (κ2) is 6.10. The van der Waals surface area contributed by atoms with Gasteiger partial charge in [-0.1, -0.05) is 0 Å². The topological polar surface area (TPSA) is 49.4 Å². The summed E-state index contributed by atoms with van der Waals surface area (Å²) in [6, 6.07) is 4.65. The molecule has 0 amide bonds. The van der Waals surface area contributed by atoms with Crippen LogP contribution in [0.25, 0.3) is 0 Å². The first-order valence-corrected chi connectivity index (χ1v) is 8.66. The number of rotatable bonds is 4. The summed E-state index contributed by atoms with van der Waals surface area (Å²) >= 11 is 0. The highest BCUT2D eigenvalue weighted by Crippen LogP contribution is 2.21. The maximum Gasteiger partial charge on any atom is 0.211 e. The van der Waals surface area contributed by atoms with Crippen LogP contribution in [0.15, 0.2) is 18.2 Å². The molecule has 1 atom stereocenters. The zero-order valence-corrected chi connectivity index (χ0v) is 12.7. The highest BCUT2D eigenvalue weighted by Gasteiger charge is 2.25. The smallest absolute Gasteiger partial charge is 0.211 e. The number of nitrogens with zero attached hydrogens (tertiary/aromatic N) is 1. The number of piperidine rings is 1. The number of hydrogen-bond acceptors (Lipinski definition) is 3. The third-order valence-electron chi connectivity index (χ3n) is 3.72. The fourth-order valence-electron chi connectivity index (χ4n) is 2.57. The Balaban J connectivity index is 1.94. The third-order valence-corrected chi connectivity index (χ3v) is 4.99. The van der Waals surface area contributed by atoms with Crippen molar-refractivity contribution in [3.8, 4) is 0 Å². The molecule has 1 unspecified atom stereocenters. The van der Waals surface area contributed by atoms with Crippen molar-refractivity contribution in [3.05, 3.63) is 29.6 Å². The molecule has 4 nitrogen and oxygen atoms in total. The van der Waals surface area contributed by atoms with Crippen LogP contribution in [0, 0.1) is 18.7 Å². The second-order valence-corrected chi connectivity index (χ2v) is 7.45. The molecule has 2 rings (SSSR count). The lowest BCUT2D eigenvalue weighted by atomic mass is 9.99. The van der Waals surface area contributed by atoms with Gasteiger partial charge in [-0.25, -0.2) is 17.1 Å². The molecule has 6 heteroatoms. The summed E-state index contributed by atoms with van der Waals surface area (Å²) in [4.78, 5) is 0. The van der Waals surface area contributed by atoms with Crippen LogP contribution in [-0.4, -0.2) is 38.6 Å². The predicted molar refractivity (Wildman–Crippen MR) is 78.8 cm³/mol. The number of anilines is 1. The maximum atomic E-state index is 13.0. The summed E-state index contributed by atoms with van der Waals surface area (Å²) in [6.45, 7) is 3.74. The Bertz CT molecular complexity index is 575. The van der Waals surface area contributed by atoms with E-state index in [0.29, 0.717) is 25.6 Å². The quantitative estimate of drug-likeness (QED) is 0.927. The first-order chi connectivity index (χ1) is 9.36. The van der Waals surface area contributed by atoms with E-state index < -0.39 is 10.0 Å². The van der Waals surface area contributed by atoms with Crippen LogP contribution in [0.2, 0.25) is 0 Å². The van der Waals surface area contributed by atoms with Gasteiger partial charge in [0.1, 0.15) is 5.82 Å². The van der Waals surface area contributed by atoms with E-state index in [2.05, 4.69) is 5.32 Å². The summed E-state index contributed by atoms with van der Waals surface area (Å²) in [5.74, 6) is 0.0527. The van der Waals surface area contributed by atoms with Crippen LogP contribution in [-0.2, 0) is 10.0 Å². The fourth-order valence-corrected chi connectivity index (χ4v) is 3.52. The molecule has 1 aliphatic rings. The molecule has 1 aliphatic heterocycles. The number of hydrogen-bond donors (Lipinski definition) is 1. The van der Waals surface area contributed by atoms with Gasteiger partial charge in [0.2, 0.25) is 10.0 Å².